The van der Waals surface area contributed by atoms with Crippen molar-refractivity contribution in [2.24, 2.45) is 0 Å². The number of H-pyrrole nitrogens is 1. The summed E-state index contributed by atoms with van der Waals surface area (Å²) in [7, 11) is 0. The van der Waals surface area contributed by atoms with Crippen molar-refractivity contribution in [1.82, 2.24) is 14.8 Å². The SMILES string of the molecule is CCCN(CC(=O)N(CCc1c[nH]c2ccccc12)Cc1ccccc1)C(=O)Nc1cccc(C)c1. The molecule has 1 heterocycles. The molecule has 0 unspecified atom stereocenters. The van der Waals surface area contributed by atoms with Crippen molar-refractivity contribution >= 4 is 28.5 Å². The molecule has 0 saturated carbocycles. The first-order valence-electron chi connectivity index (χ1n) is 12.5. The summed E-state index contributed by atoms with van der Waals surface area (Å²) in [5.74, 6) is -0.0634. The Labute approximate surface area is 212 Å². The van der Waals surface area contributed by atoms with Crippen LogP contribution in [0.5, 0.6) is 0 Å². The summed E-state index contributed by atoms with van der Waals surface area (Å²) in [6.45, 7) is 5.60. The summed E-state index contributed by atoms with van der Waals surface area (Å²) in [6, 6.07) is 25.6. The molecule has 6 nitrogen and oxygen atoms in total. The zero-order valence-corrected chi connectivity index (χ0v) is 21.0. The summed E-state index contributed by atoms with van der Waals surface area (Å²) < 4.78 is 0. The maximum atomic E-state index is 13.6. The van der Waals surface area contributed by atoms with E-state index in [1.54, 1.807) is 4.90 Å². The third-order valence-corrected chi connectivity index (χ3v) is 6.27. The van der Waals surface area contributed by atoms with Gasteiger partial charge in [-0.15, -0.1) is 0 Å². The molecule has 3 aromatic carbocycles. The number of urea groups is 1. The number of nitrogens with one attached hydrogen (secondary N) is 2. The second kappa shape index (κ2) is 12.1. The van der Waals surface area contributed by atoms with Crippen LogP contribution in [0.4, 0.5) is 10.5 Å². The lowest BCUT2D eigenvalue weighted by atomic mass is 10.1. The number of aryl methyl sites for hydroxylation is 1. The normalized spacial score (nSPS) is 10.8. The third kappa shape index (κ3) is 6.54. The standard InChI is InChI=1S/C30H34N4O2/c1-3-17-34(30(36)32-26-13-9-10-23(2)19-26)22-29(35)33(21-24-11-5-4-6-12-24)18-16-25-20-31-28-15-8-7-14-27(25)28/h4-15,19-20,31H,3,16-18,21-22H2,1-2H3,(H,32,36). The molecule has 1 aromatic heterocycles. The van der Waals surface area contributed by atoms with Gasteiger partial charge in [0.2, 0.25) is 5.91 Å². The minimum absolute atomic E-state index is 0.0339. The lowest BCUT2D eigenvalue weighted by molar-refractivity contribution is -0.132. The van der Waals surface area contributed by atoms with Crippen LogP contribution in [0, 0.1) is 6.92 Å². The maximum Gasteiger partial charge on any atom is 0.322 e. The van der Waals surface area contributed by atoms with Crippen LogP contribution in [-0.2, 0) is 17.8 Å². The monoisotopic (exact) mass is 482 g/mol. The van der Waals surface area contributed by atoms with Crippen molar-refractivity contribution in [1.29, 1.82) is 0 Å². The highest BCUT2D eigenvalue weighted by Gasteiger charge is 2.22. The zero-order chi connectivity index (χ0) is 25.3. The van der Waals surface area contributed by atoms with E-state index in [2.05, 4.69) is 22.4 Å². The van der Waals surface area contributed by atoms with E-state index in [1.165, 1.54) is 10.9 Å². The number of aromatic nitrogens is 1. The van der Waals surface area contributed by atoms with Gasteiger partial charge in [0.05, 0.1) is 0 Å². The minimum atomic E-state index is -0.257. The molecule has 36 heavy (non-hydrogen) atoms. The number of hydrogen-bond donors (Lipinski definition) is 2. The van der Waals surface area contributed by atoms with Crippen LogP contribution < -0.4 is 5.32 Å². The van der Waals surface area contributed by atoms with Crippen molar-refractivity contribution in [3.63, 3.8) is 0 Å². The topological polar surface area (TPSA) is 68.4 Å². The predicted molar refractivity (Wildman–Crippen MR) is 146 cm³/mol. The molecule has 0 radical (unpaired) electrons. The average molecular weight is 483 g/mol. The molecule has 4 rings (SSSR count). The molecule has 0 spiro atoms. The van der Waals surface area contributed by atoms with Crippen molar-refractivity contribution in [3.05, 3.63) is 102 Å². The second-order valence-corrected chi connectivity index (χ2v) is 9.13. The van der Waals surface area contributed by atoms with Gasteiger partial charge in [0.15, 0.2) is 0 Å². The number of carbonyl (C=O) groups excluding carboxylic acids is 2. The largest absolute Gasteiger partial charge is 0.361 e. The van der Waals surface area contributed by atoms with E-state index >= 15 is 0 Å². The molecule has 3 amide bonds. The van der Waals surface area contributed by atoms with Crippen LogP contribution in [0.15, 0.2) is 85.1 Å². The molecule has 0 aliphatic carbocycles. The fraction of sp³-hybridized carbons (Fsp3) is 0.267. The van der Waals surface area contributed by atoms with E-state index in [0.29, 0.717) is 19.6 Å². The Hall–Kier alpha value is -4.06. The van der Waals surface area contributed by atoms with Gasteiger partial charge in [0.25, 0.3) is 0 Å². The number of carbonyl (C=O) groups is 2. The summed E-state index contributed by atoms with van der Waals surface area (Å²) >= 11 is 0. The predicted octanol–water partition coefficient (Wildman–Crippen LogP) is 5.99. The molecule has 6 heteroatoms. The van der Waals surface area contributed by atoms with Crippen LogP contribution >= 0.6 is 0 Å². The smallest absolute Gasteiger partial charge is 0.322 e. The van der Waals surface area contributed by atoms with E-state index in [0.717, 1.165) is 35.2 Å². The Bertz CT molecular complexity index is 1300. The lowest BCUT2D eigenvalue weighted by Crippen LogP contribution is -2.45. The molecular weight excluding hydrogens is 448 g/mol. The van der Waals surface area contributed by atoms with Crippen LogP contribution in [0.1, 0.15) is 30.0 Å². The van der Waals surface area contributed by atoms with Gasteiger partial charge in [0, 0.05) is 42.4 Å². The number of benzene rings is 3. The Morgan fingerprint density at radius 1 is 0.889 bits per heavy atom. The van der Waals surface area contributed by atoms with E-state index in [-0.39, 0.29) is 18.5 Å². The van der Waals surface area contributed by atoms with Gasteiger partial charge < -0.3 is 20.1 Å². The molecule has 2 N–H and O–H groups in total. The van der Waals surface area contributed by atoms with Crippen molar-refractivity contribution in [2.75, 3.05) is 25.0 Å². The highest BCUT2D eigenvalue weighted by Crippen LogP contribution is 2.19. The fourth-order valence-electron chi connectivity index (χ4n) is 4.40. The van der Waals surface area contributed by atoms with Crippen molar-refractivity contribution in [3.8, 4) is 0 Å². The molecule has 0 aliphatic heterocycles. The first kappa shape index (κ1) is 25.0. The van der Waals surface area contributed by atoms with E-state index in [4.69, 9.17) is 0 Å². The highest BCUT2D eigenvalue weighted by molar-refractivity contribution is 5.92. The van der Waals surface area contributed by atoms with Crippen molar-refractivity contribution in [2.45, 2.75) is 33.2 Å². The van der Waals surface area contributed by atoms with Gasteiger partial charge in [0.1, 0.15) is 6.54 Å². The van der Waals surface area contributed by atoms with Gasteiger partial charge >= 0.3 is 6.03 Å². The summed E-state index contributed by atoms with van der Waals surface area (Å²) in [5.41, 5.74) is 5.14. The quantitative estimate of drug-likeness (QED) is 0.291. The number of amides is 3. The number of fused-ring (bicyclic) bond motifs is 1. The van der Waals surface area contributed by atoms with Crippen LogP contribution in [0.3, 0.4) is 0 Å². The zero-order valence-electron chi connectivity index (χ0n) is 21.0. The van der Waals surface area contributed by atoms with Gasteiger partial charge in [-0.25, -0.2) is 4.79 Å². The molecule has 4 aromatic rings. The van der Waals surface area contributed by atoms with Gasteiger partial charge in [-0.1, -0.05) is 67.6 Å². The van der Waals surface area contributed by atoms with Crippen LogP contribution in [0.2, 0.25) is 0 Å². The molecule has 0 aliphatic rings. The molecule has 0 bridgehead atoms. The molecule has 0 fully saturated rings. The fourth-order valence-corrected chi connectivity index (χ4v) is 4.40. The Morgan fingerprint density at radius 2 is 1.67 bits per heavy atom. The van der Waals surface area contributed by atoms with Gasteiger partial charge in [-0.3, -0.25) is 4.79 Å². The van der Waals surface area contributed by atoms with Crippen LogP contribution in [-0.4, -0.2) is 46.4 Å². The number of anilines is 1. The Balaban J connectivity index is 1.48. The third-order valence-electron chi connectivity index (χ3n) is 6.27. The second-order valence-electron chi connectivity index (χ2n) is 9.13. The first-order valence-corrected chi connectivity index (χ1v) is 12.5. The Kier molecular flexibility index (Phi) is 8.40. The molecule has 186 valence electrons. The first-order chi connectivity index (χ1) is 17.5. The molecule has 0 saturated heterocycles. The lowest BCUT2D eigenvalue weighted by Gasteiger charge is -2.28. The van der Waals surface area contributed by atoms with E-state index < -0.39 is 0 Å². The van der Waals surface area contributed by atoms with Crippen molar-refractivity contribution < 1.29 is 9.59 Å². The molecular formula is C30H34N4O2. The van der Waals surface area contributed by atoms with Gasteiger partial charge in [-0.2, -0.15) is 0 Å². The average Bonchev–Trinajstić information content (AvgIpc) is 3.30. The number of para-hydroxylation sites is 1. The van der Waals surface area contributed by atoms with E-state index in [9.17, 15) is 9.59 Å². The summed E-state index contributed by atoms with van der Waals surface area (Å²) in [6.07, 6.45) is 3.52. The van der Waals surface area contributed by atoms with Crippen LogP contribution in [0.25, 0.3) is 10.9 Å². The minimum Gasteiger partial charge on any atom is -0.361 e. The molecule has 0 atom stereocenters. The number of hydrogen-bond acceptors (Lipinski definition) is 2. The number of aromatic amines is 1. The summed E-state index contributed by atoms with van der Waals surface area (Å²) in [5, 5.41) is 4.12. The maximum absolute atomic E-state index is 13.6. The number of nitrogens with zero attached hydrogens (tertiary/aromatic N) is 2. The highest BCUT2D eigenvalue weighted by atomic mass is 16.2. The Morgan fingerprint density at radius 3 is 2.44 bits per heavy atom. The summed E-state index contributed by atoms with van der Waals surface area (Å²) in [4.78, 5) is 33.4. The van der Waals surface area contributed by atoms with Gasteiger partial charge in [-0.05, 0) is 54.7 Å². The van der Waals surface area contributed by atoms with E-state index in [1.807, 2.05) is 91.7 Å². The number of rotatable bonds is 10.